The summed E-state index contributed by atoms with van der Waals surface area (Å²) in [7, 11) is -1.22. The lowest BCUT2D eigenvalue weighted by Crippen LogP contribution is -2.48. The molecule has 0 saturated carbocycles. The van der Waals surface area contributed by atoms with Crippen molar-refractivity contribution in [2.24, 2.45) is 0 Å². The summed E-state index contributed by atoms with van der Waals surface area (Å²) in [6.45, 7) is 2.96. The maximum absolute atomic E-state index is 14.1. The molecule has 4 aromatic rings. The summed E-state index contributed by atoms with van der Waals surface area (Å²) in [4.78, 5) is 41.1. The second-order valence-corrected chi connectivity index (χ2v) is 15.9. The molecule has 1 aliphatic heterocycles. The SMILES string of the molecule is CO[C@H](C[C@H](O)[C@@H]1COCc2cccc(c2)C(Cc2ccccc2)NC(=O)c2cc(cc(N(C)S(=O)(=O)C(C)C)c2)C(=O)N1)C(=O)Nc1ccc(F)cc1. The van der Waals surface area contributed by atoms with Gasteiger partial charge in [-0.05, 0) is 79.4 Å². The number of benzene rings is 4. The monoisotopic (exact) mass is 760 g/mol. The van der Waals surface area contributed by atoms with Crippen molar-refractivity contribution in [2.75, 3.05) is 30.4 Å². The van der Waals surface area contributed by atoms with E-state index in [1.54, 1.807) is 0 Å². The van der Waals surface area contributed by atoms with Crippen LogP contribution in [0.2, 0.25) is 0 Å². The number of carbonyl (C=O) groups excluding carboxylic acids is 3. The molecule has 0 aromatic heterocycles. The number of fused-ring (bicyclic) bond motifs is 4. The van der Waals surface area contributed by atoms with Crippen molar-refractivity contribution in [3.05, 3.63) is 131 Å². The number of hydrogen-bond donors (Lipinski definition) is 4. The lowest BCUT2D eigenvalue weighted by molar-refractivity contribution is -0.128. The van der Waals surface area contributed by atoms with Gasteiger partial charge in [0, 0.05) is 37.4 Å². The molecule has 54 heavy (non-hydrogen) atoms. The lowest BCUT2D eigenvalue weighted by Gasteiger charge is -2.27. The van der Waals surface area contributed by atoms with Crippen LogP contribution in [0.5, 0.6) is 0 Å². The van der Waals surface area contributed by atoms with Crippen LogP contribution >= 0.6 is 0 Å². The highest BCUT2D eigenvalue weighted by Gasteiger charge is 2.31. The van der Waals surface area contributed by atoms with E-state index in [4.69, 9.17) is 9.47 Å². The topological polar surface area (TPSA) is 163 Å². The fourth-order valence-corrected chi connectivity index (χ4v) is 7.05. The number of aliphatic hydroxyl groups excluding tert-OH is 1. The van der Waals surface area contributed by atoms with Crippen LogP contribution in [-0.4, -0.2) is 75.5 Å². The zero-order valence-electron chi connectivity index (χ0n) is 30.5. The third-order valence-electron chi connectivity index (χ3n) is 9.22. The van der Waals surface area contributed by atoms with Gasteiger partial charge in [0.2, 0.25) is 10.0 Å². The van der Waals surface area contributed by atoms with E-state index in [2.05, 4.69) is 16.0 Å². The molecule has 0 saturated heterocycles. The average Bonchev–Trinajstić information content (AvgIpc) is 3.16. The third kappa shape index (κ3) is 10.1. The fourth-order valence-electron chi connectivity index (χ4n) is 6.02. The number of hydrogen-bond acceptors (Lipinski definition) is 8. The van der Waals surface area contributed by atoms with Crippen LogP contribution in [-0.2, 0) is 37.3 Å². The number of carbonyl (C=O) groups is 3. The number of sulfonamides is 1. The van der Waals surface area contributed by atoms with Crippen molar-refractivity contribution in [3.8, 4) is 0 Å². The van der Waals surface area contributed by atoms with Crippen LogP contribution in [0, 0.1) is 5.82 Å². The number of nitrogens with one attached hydrogen (secondary N) is 3. The highest BCUT2D eigenvalue weighted by atomic mass is 32.2. The summed E-state index contributed by atoms with van der Waals surface area (Å²) in [6.07, 6.45) is -2.39. The maximum Gasteiger partial charge on any atom is 0.253 e. The Balaban J connectivity index is 1.51. The number of methoxy groups -OCH3 is 1. The van der Waals surface area contributed by atoms with Gasteiger partial charge in [-0.3, -0.25) is 18.7 Å². The molecule has 286 valence electrons. The number of rotatable bonds is 11. The number of nitrogens with zero attached hydrogens (tertiary/aromatic N) is 1. The Labute approximate surface area is 314 Å². The summed E-state index contributed by atoms with van der Waals surface area (Å²) >= 11 is 0. The van der Waals surface area contributed by atoms with Crippen molar-refractivity contribution in [3.63, 3.8) is 0 Å². The van der Waals surface area contributed by atoms with Gasteiger partial charge >= 0.3 is 0 Å². The Morgan fingerprint density at radius 3 is 2.28 bits per heavy atom. The standard InChI is InChI=1S/C40H45FN4O8S/c1-25(2)54(50,51)45(3)33-20-29-19-30(21-33)39(48)44-35(36(46)22-37(52-4)40(49)42-32-15-13-31(41)14-16-32)24-53-23-27-11-8-12-28(17-27)34(43-38(29)47)18-26-9-6-5-7-10-26/h5-17,19-21,25,34-37,46H,18,22-24H2,1-4H3,(H,42,49)(H,43,47)(H,44,48)/t34?,35-,36-,37+/m0/s1. The van der Waals surface area contributed by atoms with Gasteiger partial charge in [-0.15, -0.1) is 0 Å². The highest BCUT2D eigenvalue weighted by molar-refractivity contribution is 7.93. The molecule has 5 rings (SSSR count). The van der Waals surface area contributed by atoms with Gasteiger partial charge in [0.05, 0.1) is 42.3 Å². The third-order valence-corrected chi connectivity index (χ3v) is 11.4. The molecule has 3 amide bonds. The van der Waals surface area contributed by atoms with E-state index in [1.807, 2.05) is 54.6 Å². The fraction of sp³-hybridized carbons (Fsp3) is 0.325. The maximum atomic E-state index is 14.1. The van der Waals surface area contributed by atoms with Crippen LogP contribution in [0.4, 0.5) is 15.8 Å². The van der Waals surface area contributed by atoms with E-state index in [0.717, 1.165) is 21.0 Å². The first-order valence-corrected chi connectivity index (χ1v) is 19.0. The zero-order chi connectivity index (χ0) is 39.0. The molecule has 1 unspecified atom stereocenters. The van der Waals surface area contributed by atoms with E-state index >= 15 is 0 Å². The number of amides is 3. The summed E-state index contributed by atoms with van der Waals surface area (Å²) in [5.74, 6) is -2.34. The molecule has 0 spiro atoms. The number of anilines is 2. The highest BCUT2D eigenvalue weighted by Crippen LogP contribution is 2.26. The second kappa shape index (κ2) is 17.8. The second-order valence-electron chi connectivity index (χ2n) is 13.4. The molecular formula is C40H45FN4O8S. The van der Waals surface area contributed by atoms with E-state index in [0.29, 0.717) is 12.1 Å². The molecule has 12 nitrogen and oxygen atoms in total. The Bertz CT molecular complexity index is 2050. The zero-order valence-corrected chi connectivity index (χ0v) is 31.3. The van der Waals surface area contributed by atoms with Gasteiger partial charge in [0.25, 0.3) is 17.7 Å². The van der Waals surface area contributed by atoms with Crippen molar-refractivity contribution >= 4 is 39.1 Å². The van der Waals surface area contributed by atoms with Gasteiger partial charge in [-0.2, -0.15) is 0 Å². The van der Waals surface area contributed by atoms with Crippen LogP contribution in [0.25, 0.3) is 0 Å². The van der Waals surface area contributed by atoms with E-state index < -0.39 is 63.1 Å². The molecule has 0 fully saturated rings. The Hall–Kier alpha value is -5.15. The van der Waals surface area contributed by atoms with Crippen molar-refractivity contribution < 1.29 is 41.8 Å². The minimum absolute atomic E-state index is 0.0396. The number of ether oxygens (including phenoxy) is 2. The van der Waals surface area contributed by atoms with Crippen molar-refractivity contribution in [1.82, 2.24) is 10.6 Å². The quantitative estimate of drug-likeness (QED) is 0.170. The van der Waals surface area contributed by atoms with Gasteiger partial charge in [-0.1, -0.05) is 54.6 Å². The van der Waals surface area contributed by atoms with Gasteiger partial charge in [0.1, 0.15) is 11.9 Å². The Morgan fingerprint density at radius 2 is 1.63 bits per heavy atom. The first-order chi connectivity index (χ1) is 25.7. The number of halogens is 1. The lowest BCUT2D eigenvalue weighted by atomic mass is 9.96. The Kier molecular flexibility index (Phi) is 13.2. The van der Waals surface area contributed by atoms with Crippen LogP contribution < -0.4 is 20.3 Å². The average molecular weight is 761 g/mol. The Morgan fingerprint density at radius 1 is 0.963 bits per heavy atom. The number of aliphatic hydroxyl groups is 1. The summed E-state index contributed by atoms with van der Waals surface area (Å²) in [5, 5.41) is 19.2. The van der Waals surface area contributed by atoms with Crippen LogP contribution in [0.1, 0.15) is 63.7 Å². The van der Waals surface area contributed by atoms with Crippen LogP contribution in [0.3, 0.4) is 0 Å². The molecule has 4 bridgehead atoms. The predicted molar refractivity (Wildman–Crippen MR) is 203 cm³/mol. The molecule has 0 radical (unpaired) electrons. The van der Waals surface area contributed by atoms with Crippen molar-refractivity contribution in [1.29, 1.82) is 0 Å². The first-order valence-electron chi connectivity index (χ1n) is 17.5. The minimum atomic E-state index is -3.87. The molecule has 0 aliphatic carbocycles. The molecular weight excluding hydrogens is 716 g/mol. The predicted octanol–water partition coefficient (Wildman–Crippen LogP) is 4.75. The van der Waals surface area contributed by atoms with Gasteiger partial charge < -0.3 is 30.5 Å². The summed E-state index contributed by atoms with van der Waals surface area (Å²) in [5.41, 5.74) is 2.92. The molecule has 4 aromatic carbocycles. The first kappa shape index (κ1) is 40.0. The molecule has 14 heteroatoms. The van der Waals surface area contributed by atoms with Gasteiger partial charge in [0.15, 0.2) is 0 Å². The van der Waals surface area contributed by atoms with Crippen molar-refractivity contribution in [2.45, 2.75) is 62.8 Å². The van der Waals surface area contributed by atoms with E-state index in [1.165, 1.54) is 70.5 Å². The normalized spacial score (nSPS) is 17.7. The van der Waals surface area contributed by atoms with Crippen LogP contribution in [0.15, 0.2) is 97.1 Å². The molecule has 1 aliphatic rings. The largest absolute Gasteiger partial charge is 0.391 e. The van der Waals surface area contributed by atoms with E-state index in [-0.39, 0.29) is 36.4 Å². The molecule has 1 heterocycles. The minimum Gasteiger partial charge on any atom is -0.391 e. The molecule has 4 atom stereocenters. The summed E-state index contributed by atoms with van der Waals surface area (Å²) < 4.78 is 52.4. The molecule has 4 N–H and O–H groups in total. The summed E-state index contributed by atoms with van der Waals surface area (Å²) in [6, 6.07) is 24.8. The van der Waals surface area contributed by atoms with Gasteiger partial charge in [-0.25, -0.2) is 12.8 Å². The van der Waals surface area contributed by atoms with E-state index in [9.17, 15) is 32.3 Å². The smallest absolute Gasteiger partial charge is 0.253 e.